The second-order valence-corrected chi connectivity index (χ2v) is 6.01. The maximum Gasteiger partial charge on any atom is 0.224 e. The van der Waals surface area contributed by atoms with Gasteiger partial charge in [0.15, 0.2) is 0 Å². The van der Waals surface area contributed by atoms with E-state index < -0.39 is 0 Å². The Labute approximate surface area is 118 Å². The summed E-state index contributed by atoms with van der Waals surface area (Å²) in [7, 11) is 0. The maximum absolute atomic E-state index is 12.0. The lowest BCUT2D eigenvalue weighted by Gasteiger charge is -2.20. The van der Waals surface area contributed by atoms with Gasteiger partial charge in [0.1, 0.15) is 5.00 Å². The third-order valence-corrected chi connectivity index (χ3v) is 4.80. The number of hydrogen-bond acceptors (Lipinski definition) is 2. The van der Waals surface area contributed by atoms with Gasteiger partial charge in [-0.2, -0.15) is 0 Å². The van der Waals surface area contributed by atoms with E-state index in [1.807, 2.05) is 23.1 Å². The molecule has 1 amide bonds. The van der Waals surface area contributed by atoms with Crippen LogP contribution in [0.15, 0.2) is 30.3 Å². The van der Waals surface area contributed by atoms with Crippen LogP contribution in [0.3, 0.4) is 0 Å². The zero-order chi connectivity index (χ0) is 14.0. The summed E-state index contributed by atoms with van der Waals surface area (Å²) in [5, 5.41) is 1.08. The largest absolute Gasteiger partial charge is 0.299 e. The molecule has 1 heterocycles. The Hall–Kier alpha value is -1.61. The first-order valence-corrected chi connectivity index (χ1v) is 7.21. The lowest BCUT2D eigenvalue weighted by Crippen LogP contribution is -2.27. The van der Waals surface area contributed by atoms with Crippen molar-refractivity contribution < 1.29 is 4.79 Å². The molecule has 0 atom stereocenters. The highest BCUT2D eigenvalue weighted by Crippen LogP contribution is 2.35. The first-order chi connectivity index (χ1) is 9.00. The van der Waals surface area contributed by atoms with Crippen LogP contribution in [0.4, 0.5) is 5.00 Å². The molecule has 2 aromatic rings. The molecule has 0 aliphatic heterocycles. The van der Waals surface area contributed by atoms with Gasteiger partial charge in [-0.3, -0.25) is 9.69 Å². The molecular formula is C16H19NOS. The molecule has 0 radical (unpaired) electrons. The van der Waals surface area contributed by atoms with Crippen LogP contribution >= 0.6 is 11.3 Å². The topological polar surface area (TPSA) is 20.3 Å². The van der Waals surface area contributed by atoms with Crippen molar-refractivity contribution >= 4 is 22.2 Å². The van der Waals surface area contributed by atoms with Crippen LogP contribution in [0.2, 0.25) is 0 Å². The zero-order valence-corrected chi connectivity index (χ0v) is 12.7. The van der Waals surface area contributed by atoms with Crippen molar-refractivity contribution in [2.45, 2.75) is 34.2 Å². The fourth-order valence-electron chi connectivity index (χ4n) is 2.07. The number of nitrogens with zero attached hydrogens (tertiary/aromatic N) is 1. The average molecular weight is 273 g/mol. The van der Waals surface area contributed by atoms with E-state index in [4.69, 9.17) is 0 Å². The Morgan fingerprint density at radius 2 is 1.74 bits per heavy atom. The highest BCUT2D eigenvalue weighted by Gasteiger charge is 2.18. The Morgan fingerprint density at radius 3 is 2.21 bits per heavy atom. The van der Waals surface area contributed by atoms with Crippen LogP contribution in [0.1, 0.15) is 28.5 Å². The third kappa shape index (κ3) is 2.87. The second-order valence-electron chi connectivity index (χ2n) is 4.80. The van der Waals surface area contributed by atoms with Gasteiger partial charge in [-0.1, -0.05) is 30.3 Å². The van der Waals surface area contributed by atoms with Crippen molar-refractivity contribution in [3.05, 3.63) is 51.9 Å². The number of anilines is 1. The zero-order valence-electron chi connectivity index (χ0n) is 11.9. The minimum atomic E-state index is 0.0909. The molecule has 0 saturated heterocycles. The quantitative estimate of drug-likeness (QED) is 0.819. The predicted molar refractivity (Wildman–Crippen MR) is 81.8 cm³/mol. The predicted octanol–water partition coefficient (Wildman–Crippen LogP) is 4.23. The van der Waals surface area contributed by atoms with Gasteiger partial charge in [0.25, 0.3) is 0 Å². The molecule has 0 fully saturated rings. The summed E-state index contributed by atoms with van der Waals surface area (Å²) < 4.78 is 0. The molecule has 0 unspecified atom stereocenters. The number of carbonyl (C=O) groups excluding carboxylic acids is 1. The van der Waals surface area contributed by atoms with Gasteiger partial charge in [0.05, 0.1) is 6.54 Å². The molecule has 0 N–H and O–H groups in total. The van der Waals surface area contributed by atoms with E-state index in [2.05, 4.69) is 32.9 Å². The van der Waals surface area contributed by atoms with Crippen LogP contribution in [0.25, 0.3) is 0 Å². The minimum absolute atomic E-state index is 0.0909. The summed E-state index contributed by atoms with van der Waals surface area (Å²) in [4.78, 5) is 15.1. The van der Waals surface area contributed by atoms with Crippen LogP contribution < -0.4 is 4.90 Å². The number of thiophene rings is 1. The molecular weight excluding hydrogens is 254 g/mol. The number of rotatable bonds is 3. The molecule has 3 heteroatoms. The Morgan fingerprint density at radius 1 is 1.11 bits per heavy atom. The molecule has 19 heavy (non-hydrogen) atoms. The highest BCUT2D eigenvalue weighted by molar-refractivity contribution is 7.16. The van der Waals surface area contributed by atoms with Crippen LogP contribution in [-0.2, 0) is 11.3 Å². The molecule has 2 nitrogen and oxygen atoms in total. The van der Waals surface area contributed by atoms with Gasteiger partial charge < -0.3 is 0 Å². The third-order valence-electron chi connectivity index (χ3n) is 3.47. The first-order valence-electron chi connectivity index (χ1n) is 6.39. The van der Waals surface area contributed by atoms with E-state index in [1.165, 1.54) is 16.0 Å². The first kappa shape index (κ1) is 13.8. The van der Waals surface area contributed by atoms with Crippen molar-refractivity contribution in [1.82, 2.24) is 0 Å². The molecule has 2 rings (SSSR count). The fraction of sp³-hybridized carbons (Fsp3) is 0.312. The minimum Gasteiger partial charge on any atom is -0.299 e. The second kappa shape index (κ2) is 5.57. The monoisotopic (exact) mass is 273 g/mol. The van der Waals surface area contributed by atoms with Crippen molar-refractivity contribution in [2.75, 3.05) is 4.90 Å². The van der Waals surface area contributed by atoms with Gasteiger partial charge in [-0.05, 0) is 37.5 Å². The summed E-state index contributed by atoms with van der Waals surface area (Å²) in [6, 6.07) is 10.1. The maximum atomic E-state index is 12.0. The number of benzene rings is 1. The molecule has 0 saturated carbocycles. The smallest absolute Gasteiger partial charge is 0.224 e. The highest BCUT2D eigenvalue weighted by atomic mass is 32.1. The lowest BCUT2D eigenvalue weighted by atomic mass is 10.1. The number of carbonyl (C=O) groups is 1. The van der Waals surface area contributed by atoms with Gasteiger partial charge >= 0.3 is 0 Å². The van der Waals surface area contributed by atoms with Crippen molar-refractivity contribution in [3.8, 4) is 0 Å². The molecule has 0 bridgehead atoms. The molecule has 0 aliphatic carbocycles. The van der Waals surface area contributed by atoms with Gasteiger partial charge in [-0.15, -0.1) is 11.3 Å². The van der Waals surface area contributed by atoms with Crippen LogP contribution in [0.5, 0.6) is 0 Å². The van der Waals surface area contributed by atoms with Gasteiger partial charge in [-0.25, -0.2) is 0 Å². The molecule has 1 aromatic heterocycles. The van der Waals surface area contributed by atoms with Gasteiger partial charge in [0.2, 0.25) is 5.91 Å². The van der Waals surface area contributed by atoms with E-state index in [0.29, 0.717) is 6.54 Å². The van der Waals surface area contributed by atoms with Crippen molar-refractivity contribution in [2.24, 2.45) is 0 Å². The summed E-state index contributed by atoms with van der Waals surface area (Å²) in [5.74, 6) is 0.0909. The standard InChI is InChI=1S/C16H19NOS/c1-11-12(2)16(19-13(11)3)17(14(4)18)10-15-8-6-5-7-9-15/h5-9H,10H2,1-4H3. The fourth-order valence-corrected chi connectivity index (χ4v) is 3.28. The van der Waals surface area contributed by atoms with Crippen LogP contribution in [-0.4, -0.2) is 5.91 Å². The van der Waals surface area contributed by atoms with Crippen molar-refractivity contribution in [3.63, 3.8) is 0 Å². The summed E-state index contributed by atoms with van der Waals surface area (Å²) in [6.45, 7) is 8.58. The van der Waals surface area contributed by atoms with Crippen molar-refractivity contribution in [1.29, 1.82) is 0 Å². The van der Waals surface area contributed by atoms with E-state index >= 15 is 0 Å². The normalized spacial score (nSPS) is 10.5. The summed E-state index contributed by atoms with van der Waals surface area (Å²) in [6.07, 6.45) is 0. The molecule has 100 valence electrons. The molecule has 0 aliphatic rings. The lowest BCUT2D eigenvalue weighted by molar-refractivity contribution is -0.116. The van der Waals surface area contributed by atoms with E-state index in [-0.39, 0.29) is 5.91 Å². The number of amides is 1. The number of aryl methyl sites for hydroxylation is 1. The van der Waals surface area contributed by atoms with E-state index in [1.54, 1.807) is 18.3 Å². The molecule has 1 aromatic carbocycles. The van der Waals surface area contributed by atoms with Crippen LogP contribution in [0, 0.1) is 20.8 Å². The Bertz CT molecular complexity index is 586. The molecule has 0 spiro atoms. The summed E-state index contributed by atoms with van der Waals surface area (Å²) in [5.41, 5.74) is 3.66. The Balaban J connectivity index is 2.36. The Kier molecular flexibility index (Phi) is 4.05. The number of hydrogen-bond donors (Lipinski definition) is 0. The van der Waals surface area contributed by atoms with E-state index in [0.717, 1.165) is 10.6 Å². The van der Waals surface area contributed by atoms with E-state index in [9.17, 15) is 4.79 Å². The average Bonchev–Trinajstić information content (AvgIpc) is 2.64. The SMILES string of the molecule is CC(=O)N(Cc1ccccc1)c1sc(C)c(C)c1C. The van der Waals surface area contributed by atoms with Gasteiger partial charge in [0, 0.05) is 11.8 Å². The summed E-state index contributed by atoms with van der Waals surface area (Å²) >= 11 is 1.70.